The van der Waals surface area contributed by atoms with Gasteiger partial charge in [-0.2, -0.15) is 0 Å². The van der Waals surface area contributed by atoms with E-state index in [1.54, 1.807) is 0 Å². The summed E-state index contributed by atoms with van der Waals surface area (Å²) >= 11 is 0. The van der Waals surface area contributed by atoms with E-state index >= 15 is 0 Å². The molecule has 0 aliphatic heterocycles. The second kappa shape index (κ2) is 4.24. The maximum atomic E-state index is 11.8. The molecule has 0 aromatic carbocycles. The number of fused-ring (bicyclic) bond motifs is 5. The number of hydrogen-bond acceptors (Lipinski definition) is 2. The second-order valence-electron chi connectivity index (χ2n) is 8.28. The number of carbonyl (C=O) groups excluding carboxylic acids is 1. The number of carbonyl (C=O) groups is 1. The summed E-state index contributed by atoms with van der Waals surface area (Å²) in [6, 6.07) is 0. The third kappa shape index (κ3) is 1.68. The molecule has 0 saturated heterocycles. The average Bonchev–Trinajstić information content (AvgIpc) is 2.76. The van der Waals surface area contributed by atoms with Crippen molar-refractivity contribution in [2.24, 2.45) is 28.6 Å². The van der Waals surface area contributed by atoms with Crippen molar-refractivity contribution in [1.29, 1.82) is 0 Å². The molecule has 4 aliphatic rings. The lowest BCUT2D eigenvalue weighted by molar-refractivity contribution is -0.131. The van der Waals surface area contributed by atoms with E-state index in [2.05, 4.69) is 19.9 Å². The highest BCUT2D eigenvalue weighted by atomic mass is 16.3. The van der Waals surface area contributed by atoms with Crippen molar-refractivity contribution in [2.75, 3.05) is 0 Å². The monoisotopic (exact) mass is 286 g/mol. The molecular weight excluding hydrogens is 260 g/mol. The summed E-state index contributed by atoms with van der Waals surface area (Å²) in [5, 5.41) is 10.3. The van der Waals surface area contributed by atoms with Crippen molar-refractivity contribution >= 4 is 5.78 Å². The highest BCUT2D eigenvalue weighted by Crippen LogP contribution is 2.64. The minimum Gasteiger partial charge on any atom is -0.511 e. The molecule has 4 aliphatic carbocycles. The van der Waals surface area contributed by atoms with Gasteiger partial charge in [-0.25, -0.2) is 0 Å². The SMILES string of the molecule is C[C@]12CC[C@H]3[C@@H](CCC4CC(=O)CC[C@@]43C)C1=CC=C2O. The first-order chi connectivity index (χ1) is 9.95. The first-order valence-electron chi connectivity index (χ1n) is 8.58. The zero-order valence-corrected chi connectivity index (χ0v) is 13.2. The van der Waals surface area contributed by atoms with Gasteiger partial charge in [0.25, 0.3) is 0 Å². The number of allylic oxidation sites excluding steroid dienone is 3. The lowest BCUT2D eigenvalue weighted by atomic mass is 9.46. The van der Waals surface area contributed by atoms with Crippen LogP contribution in [0.15, 0.2) is 23.5 Å². The second-order valence-corrected chi connectivity index (χ2v) is 8.28. The van der Waals surface area contributed by atoms with Crippen LogP contribution < -0.4 is 0 Å². The normalized spacial score (nSPS) is 48.9. The standard InChI is InChI=1S/C19H26O2/c1-18-9-7-13(20)11-12(18)3-4-14-15-5-6-17(21)19(15,2)10-8-16(14)18/h5-6,12,14,16,21H,3-4,7-11H2,1-2H3/t12?,14-,16-,18-,19-/m0/s1. The predicted octanol–water partition coefficient (Wildman–Crippen LogP) is 4.57. The molecule has 0 amide bonds. The first kappa shape index (κ1) is 13.6. The molecular formula is C19H26O2. The average molecular weight is 286 g/mol. The molecule has 3 saturated carbocycles. The van der Waals surface area contributed by atoms with Gasteiger partial charge in [0.15, 0.2) is 0 Å². The van der Waals surface area contributed by atoms with Crippen LogP contribution in [-0.4, -0.2) is 10.9 Å². The van der Waals surface area contributed by atoms with Gasteiger partial charge in [0.2, 0.25) is 0 Å². The van der Waals surface area contributed by atoms with Gasteiger partial charge in [-0.1, -0.05) is 18.6 Å². The molecule has 2 heteroatoms. The summed E-state index contributed by atoms with van der Waals surface area (Å²) in [6.45, 7) is 4.67. The van der Waals surface area contributed by atoms with Crippen LogP contribution in [0.2, 0.25) is 0 Å². The fourth-order valence-electron chi connectivity index (χ4n) is 6.02. The molecule has 0 heterocycles. The molecule has 5 atom stereocenters. The van der Waals surface area contributed by atoms with Crippen molar-refractivity contribution in [3.63, 3.8) is 0 Å². The Bertz CT molecular complexity index is 558. The Kier molecular flexibility index (Phi) is 2.75. The van der Waals surface area contributed by atoms with E-state index in [9.17, 15) is 9.90 Å². The summed E-state index contributed by atoms with van der Waals surface area (Å²) in [7, 11) is 0. The molecule has 0 radical (unpaired) electrons. The summed E-state index contributed by atoms with van der Waals surface area (Å²) in [4.78, 5) is 11.8. The lowest BCUT2D eigenvalue weighted by Crippen LogP contribution is -2.51. The van der Waals surface area contributed by atoms with Crippen LogP contribution in [-0.2, 0) is 4.79 Å². The van der Waals surface area contributed by atoms with Crippen LogP contribution in [0.4, 0.5) is 0 Å². The lowest BCUT2D eigenvalue weighted by Gasteiger charge is -2.58. The van der Waals surface area contributed by atoms with Crippen LogP contribution in [0.5, 0.6) is 0 Å². The Morgan fingerprint density at radius 2 is 1.95 bits per heavy atom. The molecule has 4 rings (SSSR count). The van der Waals surface area contributed by atoms with Gasteiger partial charge in [0, 0.05) is 18.3 Å². The van der Waals surface area contributed by atoms with E-state index in [-0.39, 0.29) is 5.41 Å². The molecule has 0 aromatic rings. The minimum atomic E-state index is -0.0884. The zero-order chi connectivity index (χ0) is 14.8. The number of aliphatic hydroxyl groups is 1. The molecule has 0 spiro atoms. The summed E-state index contributed by atoms with van der Waals surface area (Å²) in [5.41, 5.74) is 1.74. The molecule has 21 heavy (non-hydrogen) atoms. The predicted molar refractivity (Wildman–Crippen MR) is 82.8 cm³/mol. The van der Waals surface area contributed by atoms with Gasteiger partial charge in [-0.05, 0) is 68.3 Å². The van der Waals surface area contributed by atoms with E-state index < -0.39 is 0 Å². The Hall–Kier alpha value is -1.05. The van der Waals surface area contributed by atoms with E-state index in [4.69, 9.17) is 0 Å². The quantitative estimate of drug-likeness (QED) is 0.708. The Morgan fingerprint density at radius 3 is 2.76 bits per heavy atom. The molecule has 1 unspecified atom stereocenters. The van der Waals surface area contributed by atoms with E-state index in [0.29, 0.717) is 34.7 Å². The summed E-state index contributed by atoms with van der Waals surface area (Å²) in [5.74, 6) is 2.99. The van der Waals surface area contributed by atoms with Crippen molar-refractivity contribution in [1.82, 2.24) is 0 Å². The van der Waals surface area contributed by atoms with Crippen LogP contribution in [0.3, 0.4) is 0 Å². The Balaban J connectivity index is 1.68. The Morgan fingerprint density at radius 1 is 1.14 bits per heavy atom. The van der Waals surface area contributed by atoms with E-state index in [1.807, 2.05) is 6.08 Å². The number of aliphatic hydroxyl groups excluding tert-OH is 1. The molecule has 3 fully saturated rings. The van der Waals surface area contributed by atoms with Crippen LogP contribution in [0.25, 0.3) is 0 Å². The number of ketones is 1. The van der Waals surface area contributed by atoms with Crippen LogP contribution in [0, 0.1) is 28.6 Å². The van der Waals surface area contributed by atoms with Gasteiger partial charge >= 0.3 is 0 Å². The van der Waals surface area contributed by atoms with Gasteiger partial charge in [0.05, 0.1) is 0 Å². The molecule has 2 nitrogen and oxygen atoms in total. The number of hydrogen-bond donors (Lipinski definition) is 1. The fraction of sp³-hybridized carbons (Fsp3) is 0.737. The molecule has 0 bridgehead atoms. The minimum absolute atomic E-state index is 0.0884. The zero-order valence-electron chi connectivity index (χ0n) is 13.2. The third-order valence-corrected chi connectivity index (χ3v) is 7.49. The van der Waals surface area contributed by atoms with E-state index in [0.717, 1.165) is 25.7 Å². The first-order valence-corrected chi connectivity index (χ1v) is 8.58. The summed E-state index contributed by atoms with van der Waals surface area (Å²) in [6.07, 6.45) is 11.5. The van der Waals surface area contributed by atoms with Crippen LogP contribution >= 0.6 is 0 Å². The molecule has 0 aromatic heterocycles. The van der Waals surface area contributed by atoms with Gasteiger partial charge in [-0.15, -0.1) is 0 Å². The van der Waals surface area contributed by atoms with Crippen molar-refractivity contribution in [3.8, 4) is 0 Å². The third-order valence-electron chi connectivity index (χ3n) is 7.49. The van der Waals surface area contributed by atoms with Gasteiger partial charge < -0.3 is 5.11 Å². The van der Waals surface area contributed by atoms with Gasteiger partial charge in [-0.3, -0.25) is 4.79 Å². The number of rotatable bonds is 0. The summed E-state index contributed by atoms with van der Waals surface area (Å²) < 4.78 is 0. The Labute approximate surface area is 127 Å². The van der Waals surface area contributed by atoms with Gasteiger partial charge in [0.1, 0.15) is 11.5 Å². The fourth-order valence-corrected chi connectivity index (χ4v) is 6.02. The topological polar surface area (TPSA) is 37.3 Å². The molecule has 114 valence electrons. The van der Waals surface area contributed by atoms with Crippen molar-refractivity contribution < 1.29 is 9.90 Å². The highest BCUT2D eigenvalue weighted by molar-refractivity contribution is 5.79. The smallest absolute Gasteiger partial charge is 0.133 e. The largest absolute Gasteiger partial charge is 0.511 e. The maximum absolute atomic E-state index is 11.8. The van der Waals surface area contributed by atoms with Crippen molar-refractivity contribution in [3.05, 3.63) is 23.5 Å². The number of Topliss-reactive ketones (excluding diaryl/α,β-unsaturated/α-hetero) is 1. The van der Waals surface area contributed by atoms with Crippen molar-refractivity contribution in [2.45, 2.75) is 58.8 Å². The molecule has 1 N–H and O–H groups in total. The van der Waals surface area contributed by atoms with Crippen LogP contribution in [0.1, 0.15) is 58.8 Å². The highest BCUT2D eigenvalue weighted by Gasteiger charge is 2.56. The maximum Gasteiger partial charge on any atom is 0.133 e. The van der Waals surface area contributed by atoms with E-state index in [1.165, 1.54) is 24.8 Å².